The van der Waals surface area contributed by atoms with Crippen LogP contribution in [0.4, 0.5) is 0 Å². The number of rotatable bonds is 5. The zero-order valence-corrected chi connectivity index (χ0v) is 19.4. The minimum absolute atomic E-state index is 0.154. The van der Waals surface area contributed by atoms with Gasteiger partial charge in [0.1, 0.15) is 0 Å². The second-order valence-electron chi connectivity index (χ2n) is 7.96. The van der Waals surface area contributed by atoms with Crippen LogP contribution in [-0.2, 0) is 9.59 Å². The summed E-state index contributed by atoms with van der Waals surface area (Å²) in [7, 11) is 2.01. The van der Waals surface area contributed by atoms with Crippen LogP contribution >= 0.6 is 15.9 Å². The minimum Gasteiger partial charge on any atom is -0.490 e. The number of Topliss-reactive ketones (excluding diaryl/α,β-unsaturated/α-hetero) is 2. The molecule has 3 aliphatic rings. The van der Waals surface area contributed by atoms with Gasteiger partial charge in [-0.1, -0.05) is 0 Å². The van der Waals surface area contributed by atoms with Crippen LogP contribution in [0.15, 0.2) is 39.1 Å². The molecule has 0 saturated carbocycles. The lowest BCUT2D eigenvalue weighted by molar-refractivity contribution is -0.117. The van der Waals surface area contributed by atoms with Crippen molar-refractivity contribution in [3.05, 3.63) is 44.7 Å². The number of carbonyl (C=O) groups is 2. The van der Waals surface area contributed by atoms with Gasteiger partial charge in [0, 0.05) is 48.3 Å². The Labute approximate surface area is 186 Å². The lowest BCUT2D eigenvalue weighted by Gasteiger charge is -2.42. The van der Waals surface area contributed by atoms with Gasteiger partial charge in [-0.2, -0.15) is 0 Å². The summed E-state index contributed by atoms with van der Waals surface area (Å²) >= 11 is 3.64. The summed E-state index contributed by atoms with van der Waals surface area (Å²) in [5.74, 6) is 1.27. The highest BCUT2D eigenvalue weighted by Gasteiger charge is 2.42. The molecule has 1 heterocycles. The van der Waals surface area contributed by atoms with E-state index in [1.807, 2.05) is 33.0 Å². The van der Waals surface area contributed by atoms with Crippen LogP contribution < -0.4 is 9.47 Å². The Morgan fingerprint density at radius 1 is 0.933 bits per heavy atom. The Morgan fingerprint density at radius 3 is 2.03 bits per heavy atom. The van der Waals surface area contributed by atoms with Crippen molar-refractivity contribution in [1.82, 2.24) is 4.90 Å². The summed E-state index contributed by atoms with van der Waals surface area (Å²) in [6, 6.07) is 3.94. The summed E-state index contributed by atoms with van der Waals surface area (Å²) in [4.78, 5) is 28.4. The summed E-state index contributed by atoms with van der Waals surface area (Å²) < 4.78 is 12.5. The van der Waals surface area contributed by atoms with Gasteiger partial charge in [0.25, 0.3) is 0 Å². The van der Waals surface area contributed by atoms with Crippen LogP contribution in [0.2, 0.25) is 0 Å². The predicted molar refractivity (Wildman–Crippen MR) is 119 cm³/mol. The van der Waals surface area contributed by atoms with E-state index in [0.717, 1.165) is 58.3 Å². The fourth-order valence-corrected chi connectivity index (χ4v) is 5.56. The maximum absolute atomic E-state index is 13.1. The number of benzene rings is 1. The number of nitrogens with zero attached hydrogens (tertiary/aromatic N) is 1. The second-order valence-corrected chi connectivity index (χ2v) is 8.82. The summed E-state index contributed by atoms with van der Waals surface area (Å²) in [5, 5.41) is 0. The molecule has 0 aromatic heterocycles. The zero-order chi connectivity index (χ0) is 21.4. The van der Waals surface area contributed by atoms with Crippen molar-refractivity contribution in [2.45, 2.75) is 58.3 Å². The van der Waals surface area contributed by atoms with E-state index in [-0.39, 0.29) is 17.5 Å². The van der Waals surface area contributed by atoms with E-state index in [2.05, 4.69) is 20.8 Å². The number of ether oxygens (including phenoxy) is 2. The van der Waals surface area contributed by atoms with Crippen molar-refractivity contribution in [2.75, 3.05) is 20.3 Å². The van der Waals surface area contributed by atoms with Crippen LogP contribution in [-0.4, -0.2) is 36.7 Å². The number of hydrogen-bond donors (Lipinski definition) is 0. The standard InChI is InChI=1S/C24H28BrNO4/c1-4-29-20-13-14(12-15(25)24(20)30-5-2)21-22-16(8-6-10-18(22)27)26(3)17-9-7-11-19(28)23(17)21/h12-13,21H,4-11H2,1-3H3. The van der Waals surface area contributed by atoms with Crippen LogP contribution in [0.1, 0.15) is 63.9 Å². The molecule has 1 aliphatic heterocycles. The van der Waals surface area contributed by atoms with Crippen LogP contribution in [0.25, 0.3) is 0 Å². The maximum Gasteiger partial charge on any atom is 0.175 e. The van der Waals surface area contributed by atoms with Crippen molar-refractivity contribution in [1.29, 1.82) is 0 Å². The fourth-order valence-electron chi connectivity index (χ4n) is 4.99. The number of ketones is 2. The first-order valence-electron chi connectivity index (χ1n) is 10.8. The highest BCUT2D eigenvalue weighted by molar-refractivity contribution is 9.10. The number of halogens is 1. The molecule has 4 rings (SSSR count). The molecule has 0 fully saturated rings. The van der Waals surface area contributed by atoms with Crippen molar-refractivity contribution < 1.29 is 19.1 Å². The van der Waals surface area contributed by atoms with Gasteiger partial charge in [-0.15, -0.1) is 0 Å². The monoisotopic (exact) mass is 473 g/mol. The molecule has 0 spiro atoms. The zero-order valence-electron chi connectivity index (χ0n) is 17.8. The molecular weight excluding hydrogens is 446 g/mol. The lowest BCUT2D eigenvalue weighted by atomic mass is 9.71. The minimum atomic E-state index is -0.335. The molecule has 6 heteroatoms. The van der Waals surface area contributed by atoms with E-state index in [1.165, 1.54) is 0 Å². The molecule has 2 aliphatic carbocycles. The van der Waals surface area contributed by atoms with Gasteiger partial charge >= 0.3 is 0 Å². The van der Waals surface area contributed by atoms with E-state index in [9.17, 15) is 9.59 Å². The average Bonchev–Trinajstić information content (AvgIpc) is 2.72. The first-order chi connectivity index (χ1) is 14.5. The molecule has 0 N–H and O–H groups in total. The second kappa shape index (κ2) is 8.58. The molecule has 0 saturated heterocycles. The topological polar surface area (TPSA) is 55.8 Å². The van der Waals surface area contributed by atoms with Crippen molar-refractivity contribution in [3.63, 3.8) is 0 Å². The van der Waals surface area contributed by atoms with E-state index >= 15 is 0 Å². The van der Waals surface area contributed by atoms with Crippen LogP contribution in [0.5, 0.6) is 11.5 Å². The third-order valence-corrected chi connectivity index (χ3v) is 6.79. The Hall–Kier alpha value is -2.08. The van der Waals surface area contributed by atoms with Crippen LogP contribution in [0.3, 0.4) is 0 Å². The van der Waals surface area contributed by atoms with Crippen molar-refractivity contribution >= 4 is 27.5 Å². The normalized spacial score (nSPS) is 19.8. The molecule has 0 radical (unpaired) electrons. The summed E-state index contributed by atoms with van der Waals surface area (Å²) in [5.41, 5.74) is 4.64. The average molecular weight is 474 g/mol. The van der Waals surface area contributed by atoms with Gasteiger partial charge in [0.15, 0.2) is 23.1 Å². The molecule has 0 atom stereocenters. The number of carbonyl (C=O) groups excluding carboxylic acids is 2. The van der Waals surface area contributed by atoms with Crippen molar-refractivity contribution in [2.24, 2.45) is 0 Å². The van der Waals surface area contributed by atoms with Gasteiger partial charge in [-0.25, -0.2) is 0 Å². The molecule has 1 aromatic rings. The first-order valence-corrected chi connectivity index (χ1v) is 11.6. The Bertz CT molecular complexity index is 918. The Morgan fingerprint density at radius 2 is 1.50 bits per heavy atom. The van der Waals surface area contributed by atoms with E-state index in [0.29, 0.717) is 37.6 Å². The lowest BCUT2D eigenvalue weighted by Crippen LogP contribution is -2.37. The molecule has 0 amide bonds. The predicted octanol–water partition coefficient (Wildman–Crippen LogP) is 5.29. The fraction of sp³-hybridized carbons (Fsp3) is 0.500. The number of allylic oxidation sites excluding steroid dienone is 4. The summed E-state index contributed by atoms with van der Waals surface area (Å²) in [6.07, 6.45) is 4.54. The van der Waals surface area contributed by atoms with Gasteiger partial charge in [-0.05, 0) is 73.2 Å². The first kappa shape index (κ1) is 21.2. The molecule has 0 unspecified atom stereocenters. The largest absolute Gasteiger partial charge is 0.490 e. The number of hydrogen-bond acceptors (Lipinski definition) is 5. The van der Waals surface area contributed by atoms with E-state index in [4.69, 9.17) is 9.47 Å². The van der Waals surface area contributed by atoms with Gasteiger partial charge in [0.2, 0.25) is 0 Å². The quantitative estimate of drug-likeness (QED) is 0.581. The molecule has 0 bridgehead atoms. The van der Waals surface area contributed by atoms with Crippen LogP contribution in [0, 0.1) is 0 Å². The Balaban J connectivity index is 1.94. The third-order valence-electron chi connectivity index (χ3n) is 6.20. The molecular formula is C24H28BrNO4. The smallest absolute Gasteiger partial charge is 0.175 e. The van der Waals surface area contributed by atoms with E-state index < -0.39 is 0 Å². The SMILES string of the molecule is CCOc1cc(C2C3=C(CCCC3=O)N(C)C3=C2C(=O)CCC3)cc(Br)c1OCC. The molecule has 1 aromatic carbocycles. The van der Waals surface area contributed by atoms with Gasteiger partial charge in [0.05, 0.1) is 17.7 Å². The third kappa shape index (κ3) is 3.49. The van der Waals surface area contributed by atoms with Gasteiger partial charge in [-0.3, -0.25) is 9.59 Å². The highest BCUT2D eigenvalue weighted by Crippen LogP contribution is 2.50. The molecule has 30 heavy (non-hydrogen) atoms. The molecule has 5 nitrogen and oxygen atoms in total. The van der Waals surface area contributed by atoms with Gasteiger partial charge < -0.3 is 14.4 Å². The van der Waals surface area contributed by atoms with E-state index in [1.54, 1.807) is 0 Å². The Kier molecular flexibility index (Phi) is 6.05. The molecule has 160 valence electrons. The van der Waals surface area contributed by atoms with Crippen molar-refractivity contribution in [3.8, 4) is 11.5 Å². The summed E-state index contributed by atoms with van der Waals surface area (Å²) in [6.45, 7) is 4.89. The highest BCUT2D eigenvalue weighted by atomic mass is 79.9. The maximum atomic E-state index is 13.1.